The standard InChI is InChI=1S/C39H43NO10/c1-27(2)36(41)47-22-7-5-20-45-33-14-10-30(11-15-33)38(43)49-24-19-29-9-18-35(32(25-29)26-40)50-39(44)31-12-16-34(17-13-31)46-21-6-8-23-48-37(42)28(3)4/h9-18,25-26,40H,1,3,5-8,19-24H2,2,4H3. The zero-order valence-electron chi connectivity index (χ0n) is 28.5. The maximum atomic E-state index is 12.8. The Balaban J connectivity index is 1.38. The maximum Gasteiger partial charge on any atom is 0.343 e. The van der Waals surface area contributed by atoms with E-state index in [2.05, 4.69) is 13.2 Å². The molecular formula is C39H43NO10. The molecule has 0 radical (unpaired) electrons. The van der Waals surface area contributed by atoms with Crippen LogP contribution in [0.15, 0.2) is 91.0 Å². The SMILES string of the molecule is C=C(C)C(=O)OCCCCOc1ccc(C(=O)OCCc2ccc(OC(=O)c3ccc(OCCCCOC(=O)C(=C)C)cc3)c(C=N)c2)cc1. The number of rotatable bonds is 21. The van der Waals surface area contributed by atoms with Crippen molar-refractivity contribution < 1.29 is 47.6 Å². The summed E-state index contributed by atoms with van der Waals surface area (Å²) in [6.45, 7) is 11.8. The van der Waals surface area contributed by atoms with Crippen molar-refractivity contribution in [2.24, 2.45) is 0 Å². The normalized spacial score (nSPS) is 10.4. The smallest absolute Gasteiger partial charge is 0.343 e. The molecule has 0 saturated carbocycles. The molecule has 11 heteroatoms. The molecular weight excluding hydrogens is 642 g/mol. The number of benzene rings is 3. The third-order valence-electron chi connectivity index (χ3n) is 7.01. The molecule has 0 amide bonds. The third kappa shape index (κ3) is 13.4. The summed E-state index contributed by atoms with van der Waals surface area (Å²) in [4.78, 5) is 48.1. The summed E-state index contributed by atoms with van der Waals surface area (Å²) < 4.78 is 32.4. The molecule has 0 fully saturated rings. The van der Waals surface area contributed by atoms with Gasteiger partial charge in [-0.1, -0.05) is 19.2 Å². The topological polar surface area (TPSA) is 148 Å². The first-order valence-electron chi connectivity index (χ1n) is 16.2. The van der Waals surface area contributed by atoms with Gasteiger partial charge in [-0.15, -0.1) is 0 Å². The Labute approximate surface area is 292 Å². The molecule has 0 heterocycles. The van der Waals surface area contributed by atoms with E-state index in [0.29, 0.717) is 97.9 Å². The summed E-state index contributed by atoms with van der Waals surface area (Å²) in [6.07, 6.45) is 4.18. The Morgan fingerprint density at radius 3 is 1.58 bits per heavy atom. The van der Waals surface area contributed by atoms with Gasteiger partial charge in [0.1, 0.15) is 17.2 Å². The van der Waals surface area contributed by atoms with Gasteiger partial charge in [-0.2, -0.15) is 0 Å². The molecule has 1 N–H and O–H groups in total. The van der Waals surface area contributed by atoms with E-state index in [4.69, 9.17) is 33.8 Å². The van der Waals surface area contributed by atoms with Gasteiger partial charge in [0.25, 0.3) is 0 Å². The first-order valence-corrected chi connectivity index (χ1v) is 16.2. The van der Waals surface area contributed by atoms with Gasteiger partial charge in [0.15, 0.2) is 0 Å². The van der Waals surface area contributed by atoms with Crippen molar-refractivity contribution in [3.05, 3.63) is 113 Å². The lowest BCUT2D eigenvalue weighted by atomic mass is 10.1. The van der Waals surface area contributed by atoms with Gasteiger partial charge in [-0.25, -0.2) is 19.2 Å². The number of nitrogens with one attached hydrogen (secondary N) is 1. The van der Waals surface area contributed by atoms with Crippen molar-refractivity contribution in [3.8, 4) is 17.2 Å². The van der Waals surface area contributed by atoms with E-state index in [1.54, 1.807) is 80.6 Å². The minimum absolute atomic E-state index is 0.112. The predicted octanol–water partition coefficient (Wildman–Crippen LogP) is 6.86. The van der Waals surface area contributed by atoms with E-state index in [-0.39, 0.29) is 12.4 Å². The van der Waals surface area contributed by atoms with Crippen LogP contribution in [0, 0.1) is 5.41 Å². The second kappa shape index (κ2) is 20.6. The summed E-state index contributed by atoms with van der Waals surface area (Å²) in [6, 6.07) is 18.2. The van der Waals surface area contributed by atoms with Crippen LogP contribution in [-0.2, 0) is 30.2 Å². The van der Waals surface area contributed by atoms with Crippen molar-refractivity contribution in [1.82, 2.24) is 0 Å². The molecule has 264 valence electrons. The molecule has 0 aliphatic heterocycles. The van der Waals surface area contributed by atoms with Crippen molar-refractivity contribution >= 4 is 30.1 Å². The van der Waals surface area contributed by atoms with E-state index in [1.807, 2.05) is 0 Å². The molecule has 11 nitrogen and oxygen atoms in total. The predicted molar refractivity (Wildman–Crippen MR) is 187 cm³/mol. The molecule has 3 aromatic rings. The van der Waals surface area contributed by atoms with Gasteiger partial charge in [0.05, 0.1) is 44.2 Å². The average molecular weight is 686 g/mol. The molecule has 0 bridgehead atoms. The summed E-state index contributed by atoms with van der Waals surface area (Å²) in [7, 11) is 0. The zero-order chi connectivity index (χ0) is 36.3. The van der Waals surface area contributed by atoms with Crippen molar-refractivity contribution in [2.45, 2.75) is 46.0 Å². The zero-order valence-corrected chi connectivity index (χ0v) is 28.5. The Kier molecular flexibility index (Phi) is 16.0. The summed E-state index contributed by atoms with van der Waals surface area (Å²) >= 11 is 0. The van der Waals surface area contributed by atoms with E-state index < -0.39 is 23.9 Å². The van der Waals surface area contributed by atoms with Crippen LogP contribution in [0.25, 0.3) is 0 Å². The van der Waals surface area contributed by atoms with E-state index in [0.717, 1.165) is 11.8 Å². The van der Waals surface area contributed by atoms with Crippen molar-refractivity contribution in [2.75, 3.05) is 33.0 Å². The van der Waals surface area contributed by atoms with Gasteiger partial charge in [0, 0.05) is 29.3 Å². The highest BCUT2D eigenvalue weighted by Gasteiger charge is 2.13. The van der Waals surface area contributed by atoms with Gasteiger partial charge >= 0.3 is 23.9 Å². The molecule has 0 aliphatic carbocycles. The highest BCUT2D eigenvalue weighted by Crippen LogP contribution is 2.22. The van der Waals surface area contributed by atoms with Crippen LogP contribution in [-0.4, -0.2) is 63.1 Å². The Morgan fingerprint density at radius 2 is 1.10 bits per heavy atom. The van der Waals surface area contributed by atoms with Crippen molar-refractivity contribution in [1.29, 1.82) is 5.41 Å². The van der Waals surface area contributed by atoms with Gasteiger partial charge < -0.3 is 33.8 Å². The Morgan fingerprint density at radius 1 is 0.620 bits per heavy atom. The molecule has 0 saturated heterocycles. The number of carbonyl (C=O) groups is 4. The fourth-order valence-corrected chi connectivity index (χ4v) is 4.20. The van der Waals surface area contributed by atoms with E-state index in [9.17, 15) is 19.2 Å². The highest BCUT2D eigenvalue weighted by atomic mass is 16.5. The van der Waals surface area contributed by atoms with Crippen LogP contribution in [0.1, 0.15) is 71.4 Å². The van der Waals surface area contributed by atoms with Crippen LogP contribution >= 0.6 is 0 Å². The quantitative estimate of drug-likeness (QED) is 0.0315. The minimum atomic E-state index is -0.585. The van der Waals surface area contributed by atoms with E-state index in [1.165, 1.54) is 0 Å². The second-order valence-corrected chi connectivity index (χ2v) is 11.3. The van der Waals surface area contributed by atoms with Crippen molar-refractivity contribution in [3.63, 3.8) is 0 Å². The molecule has 0 aliphatic rings. The fraction of sp³-hybridized carbons (Fsp3) is 0.308. The molecule has 50 heavy (non-hydrogen) atoms. The van der Waals surface area contributed by atoms with Crippen LogP contribution < -0.4 is 14.2 Å². The number of hydrogen-bond acceptors (Lipinski definition) is 11. The monoisotopic (exact) mass is 685 g/mol. The first-order chi connectivity index (χ1) is 24.1. The third-order valence-corrected chi connectivity index (χ3v) is 7.01. The number of ether oxygens (including phenoxy) is 6. The molecule has 0 atom stereocenters. The van der Waals surface area contributed by atoms with E-state index >= 15 is 0 Å². The summed E-state index contributed by atoms with van der Waals surface area (Å²) in [5, 5.41) is 7.80. The Bertz CT molecular complexity index is 1640. The number of carbonyl (C=O) groups excluding carboxylic acids is 4. The molecule has 0 unspecified atom stereocenters. The maximum absolute atomic E-state index is 12.8. The highest BCUT2D eigenvalue weighted by molar-refractivity contribution is 5.93. The fourth-order valence-electron chi connectivity index (χ4n) is 4.20. The van der Waals surface area contributed by atoms with Gasteiger partial charge in [-0.05, 0) is 106 Å². The first kappa shape index (κ1) is 38.7. The lowest BCUT2D eigenvalue weighted by Gasteiger charge is -2.11. The minimum Gasteiger partial charge on any atom is -0.494 e. The second-order valence-electron chi connectivity index (χ2n) is 11.3. The summed E-state index contributed by atoms with van der Waals surface area (Å²) in [5.74, 6) is -0.457. The lowest BCUT2D eigenvalue weighted by Crippen LogP contribution is -2.11. The molecule has 0 aromatic heterocycles. The van der Waals surface area contributed by atoms with Crippen LogP contribution in [0.2, 0.25) is 0 Å². The number of esters is 4. The molecule has 3 rings (SSSR count). The Hall–Kier alpha value is -5.71. The van der Waals surface area contributed by atoms with Crippen LogP contribution in [0.3, 0.4) is 0 Å². The largest absolute Gasteiger partial charge is 0.494 e. The van der Waals surface area contributed by atoms with Crippen LogP contribution in [0.4, 0.5) is 0 Å². The summed E-state index contributed by atoms with van der Waals surface area (Å²) in [5.41, 5.74) is 2.62. The van der Waals surface area contributed by atoms with Gasteiger partial charge in [0.2, 0.25) is 0 Å². The lowest BCUT2D eigenvalue weighted by molar-refractivity contribution is -0.139. The van der Waals surface area contributed by atoms with Crippen LogP contribution in [0.5, 0.6) is 17.2 Å². The molecule has 0 spiro atoms. The molecule has 3 aromatic carbocycles. The number of unbranched alkanes of at least 4 members (excludes halogenated alkanes) is 2. The average Bonchev–Trinajstić information content (AvgIpc) is 3.11. The van der Waals surface area contributed by atoms with Gasteiger partial charge in [-0.3, -0.25) is 0 Å². The number of hydrogen-bond donors (Lipinski definition) is 1.